The van der Waals surface area contributed by atoms with Crippen molar-refractivity contribution in [1.29, 1.82) is 0 Å². The molecule has 0 spiro atoms. The predicted molar refractivity (Wildman–Crippen MR) is 45.1 cm³/mol. The summed E-state index contributed by atoms with van der Waals surface area (Å²) in [7, 11) is 0. The summed E-state index contributed by atoms with van der Waals surface area (Å²) >= 11 is 0. The zero-order valence-corrected chi connectivity index (χ0v) is 7.05. The molecule has 4 nitrogen and oxygen atoms in total. The third-order valence-corrected chi connectivity index (χ3v) is 2.51. The summed E-state index contributed by atoms with van der Waals surface area (Å²) in [6.45, 7) is 0. The van der Waals surface area contributed by atoms with Crippen molar-refractivity contribution in [3.8, 4) is 0 Å². The summed E-state index contributed by atoms with van der Waals surface area (Å²) in [5, 5.41) is 8.81. The summed E-state index contributed by atoms with van der Waals surface area (Å²) in [5.41, 5.74) is 0. The van der Waals surface area contributed by atoms with Crippen molar-refractivity contribution >= 4 is 5.97 Å². The van der Waals surface area contributed by atoms with Crippen LogP contribution >= 0.6 is 0 Å². The molecule has 2 rings (SSSR count). The molecular weight excluding hydrogens is 168 g/mol. The Morgan fingerprint density at radius 1 is 1.38 bits per heavy atom. The van der Waals surface area contributed by atoms with Gasteiger partial charge in [-0.2, -0.15) is 0 Å². The molecule has 0 amide bonds. The molecule has 1 aromatic heterocycles. The quantitative estimate of drug-likeness (QED) is 0.735. The average Bonchev–Trinajstić information content (AvgIpc) is 2.02. The van der Waals surface area contributed by atoms with Gasteiger partial charge in [-0.25, -0.2) is 9.97 Å². The number of aliphatic carboxylic acids is 1. The second-order valence-corrected chi connectivity index (χ2v) is 3.24. The highest BCUT2D eigenvalue weighted by atomic mass is 16.4. The first-order valence-corrected chi connectivity index (χ1v) is 4.29. The van der Waals surface area contributed by atoms with Gasteiger partial charge in [0.05, 0.1) is 5.92 Å². The lowest BCUT2D eigenvalue weighted by molar-refractivity contribution is -0.145. The molecule has 1 saturated carbocycles. The molecule has 1 aromatic rings. The van der Waals surface area contributed by atoms with Crippen LogP contribution in [-0.4, -0.2) is 21.0 Å². The van der Waals surface area contributed by atoms with E-state index in [1.807, 2.05) is 0 Å². The van der Waals surface area contributed by atoms with Crippen molar-refractivity contribution in [2.45, 2.75) is 18.8 Å². The van der Waals surface area contributed by atoms with Gasteiger partial charge in [-0.1, -0.05) is 0 Å². The van der Waals surface area contributed by atoms with E-state index in [2.05, 4.69) is 9.97 Å². The number of hydrogen-bond acceptors (Lipinski definition) is 3. The van der Waals surface area contributed by atoms with E-state index in [0.29, 0.717) is 5.82 Å². The van der Waals surface area contributed by atoms with Gasteiger partial charge in [0.1, 0.15) is 5.82 Å². The molecule has 0 aromatic carbocycles. The van der Waals surface area contributed by atoms with E-state index in [0.717, 1.165) is 12.8 Å². The predicted octanol–water partition coefficient (Wildman–Crippen LogP) is 1.05. The monoisotopic (exact) mass is 178 g/mol. The number of carboxylic acids is 1. The van der Waals surface area contributed by atoms with Gasteiger partial charge in [0.2, 0.25) is 0 Å². The van der Waals surface area contributed by atoms with Gasteiger partial charge < -0.3 is 5.11 Å². The van der Waals surface area contributed by atoms with Crippen molar-refractivity contribution in [3.63, 3.8) is 0 Å². The zero-order chi connectivity index (χ0) is 9.26. The molecule has 2 atom stereocenters. The average molecular weight is 178 g/mol. The number of carboxylic acid groups (broad SMARTS) is 1. The summed E-state index contributed by atoms with van der Waals surface area (Å²) < 4.78 is 0. The summed E-state index contributed by atoms with van der Waals surface area (Å²) in [6.07, 6.45) is 4.94. The molecule has 1 aliphatic carbocycles. The molecule has 1 fully saturated rings. The lowest BCUT2D eigenvalue weighted by Gasteiger charge is -2.31. The molecule has 0 unspecified atom stereocenters. The Kier molecular flexibility index (Phi) is 1.96. The molecule has 0 radical (unpaired) electrons. The topological polar surface area (TPSA) is 63.1 Å². The minimum Gasteiger partial charge on any atom is -0.481 e. The molecule has 1 heterocycles. The highest BCUT2D eigenvalue weighted by molar-refractivity contribution is 5.72. The van der Waals surface area contributed by atoms with Crippen LogP contribution in [0.3, 0.4) is 0 Å². The first-order valence-electron chi connectivity index (χ1n) is 4.29. The summed E-state index contributed by atoms with van der Waals surface area (Å²) in [4.78, 5) is 18.8. The normalized spacial score (nSPS) is 26.5. The Morgan fingerprint density at radius 3 is 2.54 bits per heavy atom. The van der Waals surface area contributed by atoms with Crippen LogP contribution in [0, 0.1) is 5.92 Å². The summed E-state index contributed by atoms with van der Waals surface area (Å²) in [5.74, 6) is -0.314. The molecule has 0 bridgehead atoms. The van der Waals surface area contributed by atoms with Crippen molar-refractivity contribution in [2.24, 2.45) is 5.92 Å². The fourth-order valence-corrected chi connectivity index (χ4v) is 1.61. The Morgan fingerprint density at radius 2 is 2.08 bits per heavy atom. The molecule has 1 aliphatic rings. The van der Waals surface area contributed by atoms with Gasteiger partial charge in [-0.05, 0) is 18.9 Å². The molecule has 0 aliphatic heterocycles. The minimum absolute atomic E-state index is 0.0266. The van der Waals surface area contributed by atoms with E-state index in [1.54, 1.807) is 18.5 Å². The maximum atomic E-state index is 10.7. The number of aromatic nitrogens is 2. The van der Waals surface area contributed by atoms with E-state index in [-0.39, 0.29) is 11.8 Å². The fourth-order valence-electron chi connectivity index (χ4n) is 1.61. The zero-order valence-electron chi connectivity index (χ0n) is 7.05. The maximum Gasteiger partial charge on any atom is 0.307 e. The minimum atomic E-state index is -0.733. The third kappa shape index (κ3) is 1.39. The Hall–Kier alpha value is -1.45. The second-order valence-electron chi connectivity index (χ2n) is 3.24. The highest BCUT2D eigenvalue weighted by Gasteiger charge is 2.39. The van der Waals surface area contributed by atoms with E-state index in [4.69, 9.17) is 5.11 Å². The van der Waals surface area contributed by atoms with Gasteiger partial charge in [-0.15, -0.1) is 0 Å². The van der Waals surface area contributed by atoms with Crippen LogP contribution in [0.15, 0.2) is 18.5 Å². The van der Waals surface area contributed by atoms with Crippen LogP contribution in [0.1, 0.15) is 24.6 Å². The first-order chi connectivity index (χ1) is 6.29. The molecule has 0 saturated heterocycles. The third-order valence-electron chi connectivity index (χ3n) is 2.51. The van der Waals surface area contributed by atoms with Gasteiger partial charge in [0.15, 0.2) is 0 Å². The Labute approximate surface area is 75.6 Å². The van der Waals surface area contributed by atoms with Crippen molar-refractivity contribution in [1.82, 2.24) is 9.97 Å². The van der Waals surface area contributed by atoms with E-state index in [9.17, 15) is 4.79 Å². The Bertz CT molecular complexity index is 313. The molecule has 1 N–H and O–H groups in total. The van der Waals surface area contributed by atoms with Crippen molar-refractivity contribution in [2.75, 3.05) is 0 Å². The van der Waals surface area contributed by atoms with E-state index < -0.39 is 5.97 Å². The molecule has 4 heteroatoms. The second kappa shape index (κ2) is 3.12. The maximum absolute atomic E-state index is 10.7. The molecule has 13 heavy (non-hydrogen) atoms. The standard InChI is InChI=1S/C9H10N2O2/c12-9(13)7-3-2-6(7)8-10-4-1-5-11-8/h1,4-7H,2-3H2,(H,12,13)/t6-,7-/m0/s1. The Balaban J connectivity index is 2.15. The summed E-state index contributed by atoms with van der Waals surface area (Å²) in [6, 6.07) is 1.73. The first kappa shape index (κ1) is 8.16. The SMILES string of the molecule is O=C(O)[C@H]1CC[C@@H]1c1ncccn1. The van der Waals surface area contributed by atoms with E-state index >= 15 is 0 Å². The van der Waals surface area contributed by atoms with Crippen molar-refractivity contribution in [3.05, 3.63) is 24.3 Å². The van der Waals surface area contributed by atoms with Crippen LogP contribution in [0.4, 0.5) is 0 Å². The lowest BCUT2D eigenvalue weighted by Crippen LogP contribution is -2.32. The number of hydrogen-bond donors (Lipinski definition) is 1. The van der Waals surface area contributed by atoms with Crippen LogP contribution in [-0.2, 0) is 4.79 Å². The van der Waals surface area contributed by atoms with Crippen LogP contribution in [0.2, 0.25) is 0 Å². The largest absolute Gasteiger partial charge is 0.481 e. The molecule has 68 valence electrons. The van der Waals surface area contributed by atoms with Gasteiger partial charge >= 0.3 is 5.97 Å². The lowest BCUT2D eigenvalue weighted by atomic mass is 9.73. The van der Waals surface area contributed by atoms with E-state index in [1.165, 1.54) is 0 Å². The van der Waals surface area contributed by atoms with Crippen molar-refractivity contribution < 1.29 is 9.90 Å². The number of carbonyl (C=O) groups is 1. The van der Waals surface area contributed by atoms with Gasteiger partial charge in [-0.3, -0.25) is 4.79 Å². The number of rotatable bonds is 2. The molecular formula is C9H10N2O2. The van der Waals surface area contributed by atoms with Crippen LogP contribution in [0.5, 0.6) is 0 Å². The van der Waals surface area contributed by atoms with Crippen LogP contribution < -0.4 is 0 Å². The van der Waals surface area contributed by atoms with Gasteiger partial charge in [0.25, 0.3) is 0 Å². The highest BCUT2D eigenvalue weighted by Crippen LogP contribution is 2.40. The van der Waals surface area contributed by atoms with Crippen LogP contribution in [0.25, 0.3) is 0 Å². The van der Waals surface area contributed by atoms with Gasteiger partial charge in [0, 0.05) is 18.3 Å². The fraction of sp³-hybridized carbons (Fsp3) is 0.444. The number of nitrogens with zero attached hydrogens (tertiary/aromatic N) is 2. The smallest absolute Gasteiger partial charge is 0.307 e.